The van der Waals surface area contributed by atoms with Crippen LogP contribution in [0.25, 0.3) is 0 Å². The van der Waals surface area contributed by atoms with Crippen molar-refractivity contribution in [3.8, 4) is 5.75 Å². The minimum Gasteiger partial charge on any atom is -0.496 e. The third kappa shape index (κ3) is 9.28. The summed E-state index contributed by atoms with van der Waals surface area (Å²) < 4.78 is 10.6. The number of methoxy groups -OCH3 is 2. The molecule has 154 valence electrons. The fourth-order valence-corrected chi connectivity index (χ4v) is 3.60. The summed E-state index contributed by atoms with van der Waals surface area (Å²) in [5.41, 5.74) is 8.17. The molecular formula is C23H39NO3. The van der Waals surface area contributed by atoms with Gasteiger partial charge in [0.05, 0.1) is 7.11 Å². The predicted octanol–water partition coefficient (Wildman–Crippen LogP) is 4.91. The minimum absolute atomic E-state index is 0.0206. The van der Waals surface area contributed by atoms with E-state index in [2.05, 4.69) is 32.0 Å². The Morgan fingerprint density at radius 1 is 1.00 bits per heavy atom. The topological polar surface area (TPSA) is 61.5 Å². The molecule has 0 aliphatic heterocycles. The maximum Gasteiger partial charge on any atom is 0.220 e. The van der Waals surface area contributed by atoms with Crippen molar-refractivity contribution in [3.05, 3.63) is 29.3 Å². The van der Waals surface area contributed by atoms with Crippen LogP contribution in [-0.4, -0.2) is 26.7 Å². The maximum atomic E-state index is 11.4. The lowest BCUT2D eigenvalue weighted by atomic mass is 9.89. The third-order valence-electron chi connectivity index (χ3n) is 5.29. The van der Waals surface area contributed by atoms with E-state index in [0.29, 0.717) is 5.92 Å². The molecule has 2 N–H and O–H groups in total. The third-order valence-corrected chi connectivity index (χ3v) is 5.29. The fourth-order valence-electron chi connectivity index (χ4n) is 3.60. The lowest BCUT2D eigenvalue weighted by molar-refractivity contribution is -0.123. The van der Waals surface area contributed by atoms with Crippen molar-refractivity contribution < 1.29 is 14.3 Å². The number of unbranched alkanes of at least 4 members (excludes halogenated alkanes) is 4. The predicted molar refractivity (Wildman–Crippen MR) is 112 cm³/mol. The SMILES string of the molecule is COCCCCc1cc(CCCCCCC(C(N)=O)C(C)C)ccc1OC. The Labute approximate surface area is 165 Å². The number of nitrogens with two attached hydrogens (primary N) is 1. The number of carbonyl (C=O) groups is 1. The van der Waals surface area contributed by atoms with E-state index in [-0.39, 0.29) is 11.8 Å². The van der Waals surface area contributed by atoms with Gasteiger partial charge in [0.1, 0.15) is 5.75 Å². The van der Waals surface area contributed by atoms with Crippen molar-refractivity contribution in [2.75, 3.05) is 20.8 Å². The number of aryl methyl sites for hydroxylation is 2. The molecule has 1 amide bonds. The summed E-state index contributed by atoms with van der Waals surface area (Å²) in [4.78, 5) is 11.4. The van der Waals surface area contributed by atoms with Gasteiger partial charge >= 0.3 is 0 Å². The molecule has 0 fully saturated rings. The van der Waals surface area contributed by atoms with Crippen LogP contribution >= 0.6 is 0 Å². The Hall–Kier alpha value is -1.55. The highest BCUT2D eigenvalue weighted by Crippen LogP contribution is 2.23. The molecule has 0 radical (unpaired) electrons. The van der Waals surface area contributed by atoms with Crippen LogP contribution in [0.1, 0.15) is 69.9 Å². The maximum absolute atomic E-state index is 11.4. The van der Waals surface area contributed by atoms with Gasteiger partial charge in [0, 0.05) is 19.6 Å². The van der Waals surface area contributed by atoms with Crippen LogP contribution in [0.5, 0.6) is 5.75 Å². The first-order valence-corrected chi connectivity index (χ1v) is 10.4. The van der Waals surface area contributed by atoms with E-state index in [1.807, 2.05) is 0 Å². The summed E-state index contributed by atoms with van der Waals surface area (Å²) in [6.07, 6.45) is 9.85. The molecule has 0 spiro atoms. The van der Waals surface area contributed by atoms with Crippen LogP contribution in [0.15, 0.2) is 18.2 Å². The van der Waals surface area contributed by atoms with Gasteiger partial charge < -0.3 is 15.2 Å². The molecule has 0 saturated carbocycles. The van der Waals surface area contributed by atoms with Gasteiger partial charge in [-0.2, -0.15) is 0 Å². The Bertz CT molecular complexity index is 542. The quantitative estimate of drug-likeness (QED) is 0.442. The van der Waals surface area contributed by atoms with E-state index in [1.54, 1.807) is 14.2 Å². The number of carbonyl (C=O) groups excluding carboxylic acids is 1. The first-order valence-electron chi connectivity index (χ1n) is 10.4. The summed E-state index contributed by atoms with van der Waals surface area (Å²) in [5, 5.41) is 0. The van der Waals surface area contributed by atoms with Crippen molar-refractivity contribution in [3.63, 3.8) is 0 Å². The van der Waals surface area contributed by atoms with E-state index in [4.69, 9.17) is 15.2 Å². The van der Waals surface area contributed by atoms with E-state index in [0.717, 1.165) is 57.3 Å². The molecule has 4 heteroatoms. The van der Waals surface area contributed by atoms with Crippen molar-refractivity contribution in [1.29, 1.82) is 0 Å². The highest BCUT2D eigenvalue weighted by molar-refractivity contribution is 5.76. The molecule has 0 heterocycles. The normalized spacial score (nSPS) is 12.3. The average molecular weight is 378 g/mol. The van der Waals surface area contributed by atoms with Crippen LogP contribution < -0.4 is 10.5 Å². The van der Waals surface area contributed by atoms with E-state index in [9.17, 15) is 4.79 Å². The van der Waals surface area contributed by atoms with E-state index < -0.39 is 0 Å². The molecule has 27 heavy (non-hydrogen) atoms. The van der Waals surface area contributed by atoms with Gasteiger partial charge in [0.25, 0.3) is 0 Å². The zero-order valence-electron chi connectivity index (χ0n) is 17.8. The average Bonchev–Trinajstić information content (AvgIpc) is 2.64. The number of primary amides is 1. The second-order valence-corrected chi connectivity index (χ2v) is 7.80. The van der Waals surface area contributed by atoms with Gasteiger partial charge in [-0.05, 0) is 61.6 Å². The van der Waals surface area contributed by atoms with Crippen molar-refractivity contribution in [2.24, 2.45) is 17.6 Å². The number of benzene rings is 1. The molecule has 4 nitrogen and oxygen atoms in total. The second-order valence-electron chi connectivity index (χ2n) is 7.80. The molecule has 1 aromatic carbocycles. The number of rotatable bonds is 15. The molecular weight excluding hydrogens is 338 g/mol. The summed E-state index contributed by atoms with van der Waals surface area (Å²) in [7, 11) is 3.49. The highest BCUT2D eigenvalue weighted by Gasteiger charge is 2.18. The minimum atomic E-state index is -0.152. The standard InChI is InChI=1S/C23H39NO3/c1-18(2)21(23(24)25)13-8-6-5-7-11-19-14-15-22(27-4)20(17-19)12-9-10-16-26-3/h14-15,17-18,21H,5-13,16H2,1-4H3,(H2,24,25). The van der Waals surface area contributed by atoms with Gasteiger partial charge in [-0.3, -0.25) is 4.79 Å². The molecule has 0 aromatic heterocycles. The lowest BCUT2D eigenvalue weighted by Crippen LogP contribution is -2.27. The fraction of sp³-hybridized carbons (Fsp3) is 0.696. The smallest absolute Gasteiger partial charge is 0.220 e. The second kappa shape index (κ2) is 13.6. The van der Waals surface area contributed by atoms with Gasteiger partial charge in [-0.25, -0.2) is 0 Å². The first-order chi connectivity index (χ1) is 13.0. The van der Waals surface area contributed by atoms with Gasteiger partial charge in [-0.15, -0.1) is 0 Å². The van der Waals surface area contributed by atoms with Gasteiger partial charge in [0.15, 0.2) is 0 Å². The van der Waals surface area contributed by atoms with Crippen molar-refractivity contribution in [2.45, 2.75) is 71.6 Å². The molecule has 0 aliphatic carbocycles. The van der Waals surface area contributed by atoms with Crippen LogP contribution in [-0.2, 0) is 22.4 Å². The highest BCUT2D eigenvalue weighted by atomic mass is 16.5. The molecule has 0 saturated heterocycles. The van der Waals surface area contributed by atoms with Gasteiger partial charge in [-0.1, -0.05) is 45.2 Å². The number of hydrogen-bond donors (Lipinski definition) is 1. The molecule has 1 rings (SSSR count). The Morgan fingerprint density at radius 2 is 1.70 bits per heavy atom. The number of amides is 1. The van der Waals surface area contributed by atoms with E-state index >= 15 is 0 Å². The zero-order valence-corrected chi connectivity index (χ0v) is 17.8. The molecule has 1 atom stereocenters. The number of ether oxygens (including phenoxy) is 2. The zero-order chi connectivity index (χ0) is 20.1. The number of hydrogen-bond acceptors (Lipinski definition) is 3. The monoisotopic (exact) mass is 377 g/mol. The lowest BCUT2D eigenvalue weighted by Gasteiger charge is -2.16. The van der Waals surface area contributed by atoms with Crippen LogP contribution in [0, 0.1) is 11.8 Å². The first kappa shape index (κ1) is 23.5. The van der Waals surface area contributed by atoms with Crippen molar-refractivity contribution >= 4 is 5.91 Å². The summed E-state index contributed by atoms with van der Waals surface area (Å²) >= 11 is 0. The molecule has 0 bridgehead atoms. The van der Waals surface area contributed by atoms with Crippen LogP contribution in [0.3, 0.4) is 0 Å². The molecule has 0 aliphatic rings. The Kier molecular flexibility index (Phi) is 11.8. The summed E-state index contributed by atoms with van der Waals surface area (Å²) in [5.74, 6) is 1.19. The Balaban J connectivity index is 2.36. The molecule has 1 aromatic rings. The van der Waals surface area contributed by atoms with Crippen LogP contribution in [0.2, 0.25) is 0 Å². The largest absolute Gasteiger partial charge is 0.496 e. The summed E-state index contributed by atoms with van der Waals surface area (Å²) in [6, 6.07) is 6.58. The summed E-state index contributed by atoms with van der Waals surface area (Å²) in [6.45, 7) is 4.97. The van der Waals surface area contributed by atoms with E-state index in [1.165, 1.54) is 24.0 Å². The Morgan fingerprint density at radius 3 is 2.33 bits per heavy atom. The van der Waals surface area contributed by atoms with Gasteiger partial charge in [0.2, 0.25) is 5.91 Å². The molecule has 1 unspecified atom stereocenters. The van der Waals surface area contributed by atoms with Crippen molar-refractivity contribution in [1.82, 2.24) is 0 Å². The van der Waals surface area contributed by atoms with Crippen LogP contribution in [0.4, 0.5) is 0 Å².